The highest BCUT2D eigenvalue weighted by Crippen LogP contribution is 2.26. The number of anilines is 1. The lowest BCUT2D eigenvalue weighted by Gasteiger charge is -2.29. The molecule has 0 saturated carbocycles. The Morgan fingerprint density at radius 1 is 1.47 bits per heavy atom. The first-order valence-electron chi connectivity index (χ1n) is 6.46. The minimum absolute atomic E-state index is 0.0891. The number of aromatic nitrogens is 1. The smallest absolute Gasteiger partial charge is 0.310 e. The summed E-state index contributed by atoms with van der Waals surface area (Å²) in [4.78, 5) is 18.1. The van der Waals surface area contributed by atoms with Crippen molar-refractivity contribution < 1.29 is 13.9 Å². The monoisotopic (exact) mass is 260 g/mol. The highest BCUT2D eigenvalue weighted by atomic mass is 16.5. The molecule has 0 bridgehead atoms. The van der Waals surface area contributed by atoms with Crippen LogP contribution in [0.15, 0.2) is 28.7 Å². The zero-order valence-corrected chi connectivity index (χ0v) is 10.8. The van der Waals surface area contributed by atoms with Gasteiger partial charge in [0.15, 0.2) is 5.58 Å². The number of ether oxygens (including phenoxy) is 1. The summed E-state index contributed by atoms with van der Waals surface area (Å²) < 4.78 is 10.5. The molecule has 1 unspecified atom stereocenters. The number of piperidine rings is 1. The van der Waals surface area contributed by atoms with Crippen LogP contribution in [0, 0.1) is 5.92 Å². The SMILES string of the molecule is COC(=O)C1CCCN(c2nc3ccccc3o2)C1. The number of para-hydroxylation sites is 2. The Labute approximate surface area is 111 Å². The molecule has 100 valence electrons. The number of rotatable bonds is 2. The lowest BCUT2D eigenvalue weighted by molar-refractivity contribution is -0.145. The molecule has 1 atom stereocenters. The van der Waals surface area contributed by atoms with Crippen LogP contribution in [0.1, 0.15) is 12.8 Å². The normalized spacial score (nSPS) is 19.6. The van der Waals surface area contributed by atoms with Gasteiger partial charge in [-0.15, -0.1) is 0 Å². The van der Waals surface area contributed by atoms with Crippen LogP contribution < -0.4 is 4.90 Å². The quantitative estimate of drug-likeness (QED) is 0.775. The van der Waals surface area contributed by atoms with Crippen LogP contribution >= 0.6 is 0 Å². The predicted molar refractivity (Wildman–Crippen MR) is 71.0 cm³/mol. The molecule has 1 aliphatic rings. The minimum atomic E-state index is -0.152. The first kappa shape index (κ1) is 12.0. The van der Waals surface area contributed by atoms with Gasteiger partial charge in [0, 0.05) is 13.1 Å². The van der Waals surface area contributed by atoms with Crippen molar-refractivity contribution >= 4 is 23.1 Å². The van der Waals surface area contributed by atoms with E-state index in [1.807, 2.05) is 29.2 Å². The van der Waals surface area contributed by atoms with E-state index in [0.717, 1.165) is 30.5 Å². The maximum Gasteiger partial charge on any atom is 0.310 e. The van der Waals surface area contributed by atoms with Crippen molar-refractivity contribution in [1.29, 1.82) is 0 Å². The molecule has 1 saturated heterocycles. The highest BCUT2D eigenvalue weighted by molar-refractivity contribution is 5.75. The number of carbonyl (C=O) groups is 1. The zero-order valence-electron chi connectivity index (χ0n) is 10.8. The molecule has 1 aliphatic heterocycles. The first-order valence-corrected chi connectivity index (χ1v) is 6.46. The van der Waals surface area contributed by atoms with Gasteiger partial charge in [-0.25, -0.2) is 0 Å². The van der Waals surface area contributed by atoms with Crippen molar-refractivity contribution in [3.05, 3.63) is 24.3 Å². The fourth-order valence-corrected chi connectivity index (χ4v) is 2.51. The van der Waals surface area contributed by atoms with Gasteiger partial charge in [-0.3, -0.25) is 4.79 Å². The lowest BCUT2D eigenvalue weighted by atomic mass is 9.99. The Kier molecular flexibility index (Phi) is 3.11. The van der Waals surface area contributed by atoms with Gasteiger partial charge in [0.2, 0.25) is 0 Å². The molecule has 1 aromatic carbocycles. The van der Waals surface area contributed by atoms with Crippen LogP contribution in [-0.4, -0.2) is 31.2 Å². The van der Waals surface area contributed by atoms with Gasteiger partial charge in [-0.1, -0.05) is 12.1 Å². The van der Waals surface area contributed by atoms with Crippen LogP contribution in [-0.2, 0) is 9.53 Å². The zero-order chi connectivity index (χ0) is 13.2. The molecule has 19 heavy (non-hydrogen) atoms. The number of nitrogens with zero attached hydrogens (tertiary/aromatic N) is 2. The van der Waals surface area contributed by atoms with E-state index in [4.69, 9.17) is 9.15 Å². The van der Waals surface area contributed by atoms with Gasteiger partial charge in [-0.2, -0.15) is 4.98 Å². The Balaban J connectivity index is 1.83. The van der Waals surface area contributed by atoms with Crippen molar-refractivity contribution in [3.63, 3.8) is 0 Å². The summed E-state index contributed by atoms with van der Waals surface area (Å²) in [5.41, 5.74) is 1.62. The third-order valence-corrected chi connectivity index (χ3v) is 3.51. The fourth-order valence-electron chi connectivity index (χ4n) is 2.51. The number of hydrogen-bond donors (Lipinski definition) is 0. The van der Waals surface area contributed by atoms with Crippen LogP contribution in [0.4, 0.5) is 6.01 Å². The van der Waals surface area contributed by atoms with Crippen molar-refractivity contribution in [1.82, 2.24) is 4.98 Å². The number of esters is 1. The molecule has 2 heterocycles. The average molecular weight is 260 g/mol. The minimum Gasteiger partial charge on any atom is -0.469 e. The molecule has 1 fully saturated rings. The average Bonchev–Trinajstić information content (AvgIpc) is 2.90. The number of hydrogen-bond acceptors (Lipinski definition) is 5. The molecule has 0 amide bonds. The maximum absolute atomic E-state index is 11.6. The molecule has 5 nitrogen and oxygen atoms in total. The summed E-state index contributed by atoms with van der Waals surface area (Å²) in [6.45, 7) is 1.47. The van der Waals surface area contributed by atoms with E-state index in [9.17, 15) is 4.79 Å². The second-order valence-corrected chi connectivity index (χ2v) is 4.77. The van der Waals surface area contributed by atoms with Crippen molar-refractivity contribution in [2.24, 2.45) is 5.92 Å². The molecule has 1 aromatic heterocycles. The Bertz CT molecular complexity index is 560. The van der Waals surface area contributed by atoms with Gasteiger partial charge in [0.25, 0.3) is 6.01 Å². The van der Waals surface area contributed by atoms with Crippen molar-refractivity contribution in [2.75, 3.05) is 25.1 Å². The molecule has 2 aromatic rings. The lowest BCUT2D eigenvalue weighted by Crippen LogP contribution is -2.39. The van der Waals surface area contributed by atoms with Crippen LogP contribution in [0.3, 0.4) is 0 Å². The Hall–Kier alpha value is -2.04. The summed E-state index contributed by atoms with van der Waals surface area (Å²) in [5.74, 6) is -0.241. The summed E-state index contributed by atoms with van der Waals surface area (Å²) in [6.07, 6.45) is 1.81. The molecule has 0 N–H and O–H groups in total. The van der Waals surface area contributed by atoms with Gasteiger partial charge in [-0.05, 0) is 25.0 Å². The molecular formula is C14H16N2O3. The van der Waals surface area contributed by atoms with E-state index in [0.29, 0.717) is 12.6 Å². The van der Waals surface area contributed by atoms with Crippen LogP contribution in [0.2, 0.25) is 0 Å². The van der Waals surface area contributed by atoms with E-state index in [1.54, 1.807) is 0 Å². The largest absolute Gasteiger partial charge is 0.469 e. The van der Waals surface area contributed by atoms with E-state index in [-0.39, 0.29) is 11.9 Å². The molecule has 0 aliphatic carbocycles. The molecule has 0 radical (unpaired) electrons. The second-order valence-electron chi connectivity index (χ2n) is 4.77. The first-order chi connectivity index (χ1) is 9.28. The molecular weight excluding hydrogens is 244 g/mol. The van der Waals surface area contributed by atoms with Gasteiger partial charge in [0.1, 0.15) is 5.52 Å². The maximum atomic E-state index is 11.6. The third-order valence-electron chi connectivity index (χ3n) is 3.51. The summed E-state index contributed by atoms with van der Waals surface area (Å²) >= 11 is 0. The third kappa shape index (κ3) is 2.28. The fraction of sp³-hybridized carbons (Fsp3) is 0.429. The Morgan fingerprint density at radius 3 is 3.11 bits per heavy atom. The van der Waals surface area contributed by atoms with E-state index in [1.165, 1.54) is 7.11 Å². The number of fused-ring (bicyclic) bond motifs is 1. The van der Waals surface area contributed by atoms with Crippen LogP contribution in [0.25, 0.3) is 11.1 Å². The van der Waals surface area contributed by atoms with Gasteiger partial charge < -0.3 is 14.1 Å². The predicted octanol–water partition coefficient (Wildman–Crippen LogP) is 2.22. The van der Waals surface area contributed by atoms with E-state index < -0.39 is 0 Å². The highest BCUT2D eigenvalue weighted by Gasteiger charge is 2.28. The van der Waals surface area contributed by atoms with Gasteiger partial charge >= 0.3 is 5.97 Å². The van der Waals surface area contributed by atoms with Crippen molar-refractivity contribution in [3.8, 4) is 0 Å². The van der Waals surface area contributed by atoms with Gasteiger partial charge in [0.05, 0.1) is 13.0 Å². The van der Waals surface area contributed by atoms with E-state index >= 15 is 0 Å². The molecule has 0 spiro atoms. The topological polar surface area (TPSA) is 55.6 Å². The number of oxazole rings is 1. The van der Waals surface area contributed by atoms with E-state index in [2.05, 4.69) is 4.98 Å². The molecule has 3 rings (SSSR count). The standard InChI is InChI=1S/C14H16N2O3/c1-18-13(17)10-5-4-8-16(9-10)14-15-11-6-2-3-7-12(11)19-14/h2-3,6-7,10H,4-5,8-9H2,1H3. The second kappa shape index (κ2) is 4.91. The summed E-state index contributed by atoms with van der Waals surface area (Å²) in [5, 5.41) is 0. The Morgan fingerprint density at radius 2 is 2.32 bits per heavy atom. The number of benzene rings is 1. The van der Waals surface area contributed by atoms with Crippen molar-refractivity contribution in [2.45, 2.75) is 12.8 Å². The number of methoxy groups -OCH3 is 1. The summed E-state index contributed by atoms with van der Waals surface area (Å²) in [6, 6.07) is 8.26. The summed E-state index contributed by atoms with van der Waals surface area (Å²) in [7, 11) is 1.43. The van der Waals surface area contributed by atoms with Crippen LogP contribution in [0.5, 0.6) is 0 Å². The molecule has 5 heteroatoms. The number of carbonyl (C=O) groups excluding carboxylic acids is 1.